The van der Waals surface area contributed by atoms with Crippen molar-refractivity contribution < 1.29 is 18.0 Å². The van der Waals surface area contributed by atoms with E-state index in [0.717, 1.165) is 17.3 Å². The molecule has 0 fully saturated rings. The first-order valence-electron chi connectivity index (χ1n) is 5.78. The number of carbonyl (C=O) groups is 1. The Balaban J connectivity index is 2.27. The van der Waals surface area contributed by atoms with E-state index in [9.17, 15) is 18.0 Å². The highest BCUT2D eigenvalue weighted by Crippen LogP contribution is 2.30. The number of carbonyl (C=O) groups excluding carboxylic acids is 1. The van der Waals surface area contributed by atoms with E-state index in [1.807, 2.05) is 13.0 Å². The first-order valence-corrected chi connectivity index (χ1v) is 5.78. The summed E-state index contributed by atoms with van der Waals surface area (Å²) in [6.07, 6.45) is -3.78. The standard InChI is InChI=1S/C13H12F3N3O/c1-7-3-4-10(8(2)5-7)18-12(20)9-6-17-19-11(9)13(14,15)16/h3-6H,1-2H3,(H,17,19)(H,18,20). The van der Waals surface area contributed by atoms with Crippen LogP contribution in [0.1, 0.15) is 27.2 Å². The summed E-state index contributed by atoms with van der Waals surface area (Å²) in [5, 5.41) is 7.54. The lowest BCUT2D eigenvalue weighted by Gasteiger charge is -2.10. The molecule has 0 bridgehead atoms. The first-order chi connectivity index (χ1) is 9.29. The predicted molar refractivity (Wildman–Crippen MR) is 67.5 cm³/mol. The van der Waals surface area contributed by atoms with E-state index in [0.29, 0.717) is 5.69 Å². The number of nitrogens with one attached hydrogen (secondary N) is 2. The van der Waals surface area contributed by atoms with Crippen LogP contribution in [0.5, 0.6) is 0 Å². The molecule has 1 heterocycles. The zero-order chi connectivity index (χ0) is 14.9. The van der Waals surface area contributed by atoms with E-state index in [2.05, 4.69) is 10.4 Å². The lowest BCUT2D eigenvalue weighted by atomic mass is 10.1. The lowest BCUT2D eigenvalue weighted by molar-refractivity contribution is -0.141. The van der Waals surface area contributed by atoms with Gasteiger partial charge in [0.25, 0.3) is 5.91 Å². The molecule has 2 rings (SSSR count). The molecule has 106 valence electrons. The molecule has 0 saturated carbocycles. The van der Waals surface area contributed by atoms with Gasteiger partial charge in [0, 0.05) is 5.69 Å². The van der Waals surface area contributed by atoms with Crippen LogP contribution < -0.4 is 5.32 Å². The summed E-state index contributed by atoms with van der Waals surface area (Å²) in [7, 11) is 0. The number of nitrogens with zero attached hydrogens (tertiary/aromatic N) is 1. The van der Waals surface area contributed by atoms with Crippen LogP contribution in [-0.2, 0) is 6.18 Å². The summed E-state index contributed by atoms with van der Waals surface area (Å²) < 4.78 is 38.0. The Hall–Kier alpha value is -2.31. The number of halogens is 3. The number of aromatic nitrogens is 2. The Bertz CT molecular complexity index is 647. The lowest BCUT2D eigenvalue weighted by Crippen LogP contribution is -2.18. The molecule has 7 heteroatoms. The van der Waals surface area contributed by atoms with Crippen molar-refractivity contribution in [1.29, 1.82) is 0 Å². The van der Waals surface area contributed by atoms with Gasteiger partial charge in [-0.25, -0.2) is 0 Å². The molecule has 0 unspecified atom stereocenters. The van der Waals surface area contributed by atoms with Gasteiger partial charge in [0.05, 0.1) is 11.8 Å². The second-order valence-electron chi connectivity index (χ2n) is 4.43. The predicted octanol–water partition coefficient (Wildman–Crippen LogP) is 3.30. The van der Waals surface area contributed by atoms with Crippen LogP contribution in [0.15, 0.2) is 24.4 Å². The van der Waals surface area contributed by atoms with Gasteiger partial charge in [0.15, 0.2) is 5.69 Å². The monoisotopic (exact) mass is 283 g/mol. The smallest absolute Gasteiger partial charge is 0.322 e. The van der Waals surface area contributed by atoms with Crippen LogP contribution in [0.2, 0.25) is 0 Å². The number of hydrogen-bond donors (Lipinski definition) is 2. The molecule has 2 aromatic rings. The van der Waals surface area contributed by atoms with Crippen molar-refractivity contribution in [2.75, 3.05) is 5.32 Å². The molecule has 0 aliphatic rings. The Morgan fingerprint density at radius 1 is 1.30 bits per heavy atom. The third kappa shape index (κ3) is 2.81. The minimum absolute atomic E-state index is 0.468. The maximum Gasteiger partial charge on any atom is 0.433 e. The molecule has 0 radical (unpaired) electrons. The fourth-order valence-corrected chi connectivity index (χ4v) is 1.82. The van der Waals surface area contributed by atoms with E-state index in [1.165, 1.54) is 0 Å². The molecular weight excluding hydrogens is 271 g/mol. The van der Waals surface area contributed by atoms with E-state index in [1.54, 1.807) is 24.2 Å². The highest BCUT2D eigenvalue weighted by molar-refractivity contribution is 6.05. The van der Waals surface area contributed by atoms with Crippen molar-refractivity contribution in [2.45, 2.75) is 20.0 Å². The summed E-state index contributed by atoms with van der Waals surface area (Å²) in [6, 6.07) is 5.24. The van der Waals surface area contributed by atoms with Crippen molar-refractivity contribution in [2.24, 2.45) is 0 Å². The van der Waals surface area contributed by atoms with E-state index >= 15 is 0 Å². The number of hydrogen-bond acceptors (Lipinski definition) is 2. The number of aryl methyl sites for hydroxylation is 2. The van der Waals surface area contributed by atoms with Gasteiger partial charge in [-0.05, 0) is 25.5 Å². The largest absolute Gasteiger partial charge is 0.433 e. The van der Waals surface area contributed by atoms with E-state index in [-0.39, 0.29) is 0 Å². The van der Waals surface area contributed by atoms with Crippen molar-refractivity contribution in [3.8, 4) is 0 Å². The molecule has 4 nitrogen and oxygen atoms in total. The number of alkyl halides is 3. The summed E-state index contributed by atoms with van der Waals surface area (Å²) in [5.74, 6) is -0.849. The maximum atomic E-state index is 12.7. The molecule has 0 atom stereocenters. The van der Waals surface area contributed by atoms with Gasteiger partial charge in [0.1, 0.15) is 0 Å². The normalized spacial score (nSPS) is 11.4. The van der Waals surface area contributed by atoms with Gasteiger partial charge in [-0.2, -0.15) is 18.3 Å². The summed E-state index contributed by atoms with van der Waals surface area (Å²) >= 11 is 0. The third-order valence-corrected chi connectivity index (χ3v) is 2.80. The summed E-state index contributed by atoms with van der Waals surface area (Å²) in [5.41, 5.74) is 0.558. The molecule has 0 aliphatic carbocycles. The van der Waals surface area contributed by atoms with Gasteiger partial charge in [-0.3, -0.25) is 9.89 Å². The van der Waals surface area contributed by atoms with Crippen LogP contribution >= 0.6 is 0 Å². The quantitative estimate of drug-likeness (QED) is 0.888. The van der Waals surface area contributed by atoms with Crippen LogP contribution in [0.4, 0.5) is 18.9 Å². The Morgan fingerprint density at radius 2 is 2.00 bits per heavy atom. The fourth-order valence-electron chi connectivity index (χ4n) is 1.82. The second-order valence-corrected chi connectivity index (χ2v) is 4.43. The van der Waals surface area contributed by atoms with Gasteiger partial charge in [-0.15, -0.1) is 0 Å². The molecule has 0 aliphatic heterocycles. The van der Waals surface area contributed by atoms with Crippen LogP contribution in [0, 0.1) is 13.8 Å². The zero-order valence-corrected chi connectivity index (χ0v) is 10.8. The van der Waals surface area contributed by atoms with Gasteiger partial charge >= 0.3 is 6.18 Å². The number of amides is 1. The molecule has 0 saturated heterocycles. The molecule has 0 spiro atoms. The van der Waals surface area contributed by atoms with Gasteiger partial charge < -0.3 is 5.32 Å². The average molecular weight is 283 g/mol. The second kappa shape index (κ2) is 4.99. The Labute approximate surface area is 113 Å². The fraction of sp³-hybridized carbons (Fsp3) is 0.231. The molecule has 1 aromatic heterocycles. The Kier molecular flexibility index (Phi) is 3.52. The number of benzene rings is 1. The summed E-state index contributed by atoms with van der Waals surface area (Å²) in [4.78, 5) is 11.9. The number of anilines is 1. The van der Waals surface area contributed by atoms with Crippen LogP contribution in [0.25, 0.3) is 0 Å². The van der Waals surface area contributed by atoms with Gasteiger partial charge in [-0.1, -0.05) is 17.7 Å². The van der Waals surface area contributed by atoms with E-state index in [4.69, 9.17) is 0 Å². The van der Waals surface area contributed by atoms with Crippen LogP contribution in [0.3, 0.4) is 0 Å². The molecule has 1 aromatic carbocycles. The first kappa shape index (κ1) is 14.1. The van der Waals surface area contributed by atoms with Crippen molar-refractivity contribution in [3.05, 3.63) is 46.8 Å². The molecule has 20 heavy (non-hydrogen) atoms. The molecule has 1 amide bonds. The third-order valence-electron chi connectivity index (χ3n) is 2.80. The number of H-pyrrole nitrogens is 1. The SMILES string of the molecule is Cc1ccc(NC(=O)c2cn[nH]c2C(F)(F)F)c(C)c1. The minimum Gasteiger partial charge on any atom is -0.322 e. The number of aromatic amines is 1. The molecular formula is C13H12F3N3O. The zero-order valence-electron chi connectivity index (χ0n) is 10.8. The average Bonchev–Trinajstić information content (AvgIpc) is 2.81. The topological polar surface area (TPSA) is 57.8 Å². The van der Waals surface area contributed by atoms with Crippen molar-refractivity contribution in [1.82, 2.24) is 10.2 Å². The van der Waals surface area contributed by atoms with Crippen molar-refractivity contribution >= 4 is 11.6 Å². The summed E-state index contributed by atoms with van der Waals surface area (Å²) in [6.45, 7) is 3.65. The Morgan fingerprint density at radius 3 is 2.60 bits per heavy atom. The van der Waals surface area contributed by atoms with Gasteiger partial charge in [0.2, 0.25) is 0 Å². The van der Waals surface area contributed by atoms with E-state index < -0.39 is 23.3 Å². The van der Waals surface area contributed by atoms with Crippen molar-refractivity contribution in [3.63, 3.8) is 0 Å². The molecule has 2 N–H and O–H groups in total. The minimum atomic E-state index is -4.65. The highest BCUT2D eigenvalue weighted by Gasteiger charge is 2.37. The highest BCUT2D eigenvalue weighted by atomic mass is 19.4. The maximum absolute atomic E-state index is 12.7. The number of rotatable bonds is 2. The van der Waals surface area contributed by atoms with Crippen LogP contribution in [-0.4, -0.2) is 16.1 Å².